The van der Waals surface area contributed by atoms with Gasteiger partial charge in [0.1, 0.15) is 5.82 Å². The van der Waals surface area contributed by atoms with Crippen molar-refractivity contribution in [3.05, 3.63) is 51.0 Å². The molecule has 1 amide bonds. The first-order valence-corrected chi connectivity index (χ1v) is 7.71. The lowest BCUT2D eigenvalue weighted by molar-refractivity contribution is -0.137. The van der Waals surface area contributed by atoms with Crippen LogP contribution in [-0.4, -0.2) is 12.5 Å². The van der Waals surface area contributed by atoms with E-state index in [1.54, 1.807) is 5.38 Å². The Balaban J connectivity index is 1.86. The number of nitrogens with one attached hydrogen (secondary N) is 2. The summed E-state index contributed by atoms with van der Waals surface area (Å²) in [6.45, 7) is 1.41. The van der Waals surface area contributed by atoms with Crippen molar-refractivity contribution in [1.82, 2.24) is 5.32 Å². The molecule has 0 bridgehead atoms. The Morgan fingerprint density at radius 3 is 2.78 bits per heavy atom. The Morgan fingerprint density at radius 1 is 1.26 bits per heavy atom. The third-order valence-corrected chi connectivity index (χ3v) is 4.57. The van der Waals surface area contributed by atoms with Crippen LogP contribution in [0.2, 0.25) is 0 Å². The number of carbonyl (C=O) groups is 1. The van der Waals surface area contributed by atoms with Crippen molar-refractivity contribution >= 4 is 22.9 Å². The lowest BCUT2D eigenvalue weighted by atomic mass is 10.0. The van der Waals surface area contributed by atoms with Crippen LogP contribution in [0.4, 0.5) is 23.2 Å². The van der Waals surface area contributed by atoms with Crippen LogP contribution in [0.25, 0.3) is 0 Å². The Bertz CT molecular complexity index is 754. The third-order valence-electron chi connectivity index (χ3n) is 3.55. The van der Waals surface area contributed by atoms with E-state index in [4.69, 9.17) is 0 Å². The van der Waals surface area contributed by atoms with Crippen molar-refractivity contribution < 1.29 is 22.4 Å². The molecule has 8 heteroatoms. The van der Waals surface area contributed by atoms with Crippen LogP contribution in [0, 0.1) is 5.82 Å². The fourth-order valence-corrected chi connectivity index (χ4v) is 3.52. The van der Waals surface area contributed by atoms with Crippen molar-refractivity contribution in [2.75, 3.05) is 11.9 Å². The van der Waals surface area contributed by atoms with Gasteiger partial charge in [0, 0.05) is 22.5 Å². The Morgan fingerprint density at radius 2 is 2.04 bits per heavy atom. The van der Waals surface area contributed by atoms with E-state index in [9.17, 15) is 22.4 Å². The van der Waals surface area contributed by atoms with Crippen LogP contribution in [0.1, 0.15) is 26.4 Å². The number of alkyl halides is 3. The number of hydrogen-bond donors (Lipinski definition) is 2. The number of rotatable bonds is 2. The minimum atomic E-state index is -4.67. The van der Waals surface area contributed by atoms with E-state index in [0.29, 0.717) is 24.6 Å². The van der Waals surface area contributed by atoms with E-state index in [-0.39, 0.29) is 5.69 Å². The predicted octanol–water partition coefficient (Wildman–Crippen LogP) is 3.80. The molecule has 0 unspecified atom stereocenters. The van der Waals surface area contributed by atoms with Crippen LogP contribution < -0.4 is 10.6 Å². The maximum atomic E-state index is 13.4. The molecule has 0 fully saturated rings. The molecular weight excluding hydrogens is 332 g/mol. The number of halogens is 4. The molecule has 0 radical (unpaired) electrons. The number of benzene rings is 1. The summed E-state index contributed by atoms with van der Waals surface area (Å²) in [5.74, 6) is -1.57. The van der Waals surface area contributed by atoms with E-state index in [1.807, 2.05) is 0 Å². The maximum Gasteiger partial charge on any atom is 0.416 e. The fraction of sp³-hybridized carbons (Fsp3) is 0.267. The predicted molar refractivity (Wildman–Crippen MR) is 79.1 cm³/mol. The molecule has 1 aromatic heterocycles. The number of carbonyl (C=O) groups excluding carboxylic acids is 1. The summed E-state index contributed by atoms with van der Waals surface area (Å²) in [6, 6.07) is 1.99. The highest BCUT2D eigenvalue weighted by Gasteiger charge is 2.31. The summed E-state index contributed by atoms with van der Waals surface area (Å²) in [5.41, 5.74) is -0.0106. The van der Waals surface area contributed by atoms with Gasteiger partial charge in [-0.1, -0.05) is 0 Å². The van der Waals surface area contributed by atoms with Gasteiger partial charge in [0.05, 0.1) is 11.1 Å². The first-order chi connectivity index (χ1) is 10.8. The Kier molecular flexibility index (Phi) is 4.11. The van der Waals surface area contributed by atoms with Crippen LogP contribution in [0.5, 0.6) is 0 Å². The number of amides is 1. The van der Waals surface area contributed by atoms with Crippen molar-refractivity contribution in [3.63, 3.8) is 0 Å². The van der Waals surface area contributed by atoms with Crippen molar-refractivity contribution in [3.8, 4) is 0 Å². The number of thiophene rings is 1. The van der Waals surface area contributed by atoms with Gasteiger partial charge in [0.15, 0.2) is 0 Å². The van der Waals surface area contributed by atoms with Gasteiger partial charge in [-0.15, -0.1) is 11.3 Å². The molecule has 1 aliphatic rings. The Hall–Kier alpha value is -1.93. The van der Waals surface area contributed by atoms with E-state index in [0.717, 1.165) is 29.1 Å². The van der Waals surface area contributed by atoms with Gasteiger partial charge in [0.2, 0.25) is 0 Å². The van der Waals surface area contributed by atoms with Gasteiger partial charge in [-0.25, -0.2) is 4.39 Å². The lowest BCUT2D eigenvalue weighted by Gasteiger charge is -2.14. The first kappa shape index (κ1) is 15.9. The molecule has 3 rings (SSSR count). The second kappa shape index (κ2) is 5.93. The summed E-state index contributed by atoms with van der Waals surface area (Å²) >= 11 is 1.42. The van der Waals surface area contributed by atoms with E-state index < -0.39 is 23.5 Å². The highest BCUT2D eigenvalue weighted by atomic mass is 32.1. The first-order valence-electron chi connectivity index (χ1n) is 6.83. The maximum absolute atomic E-state index is 13.4. The van der Waals surface area contributed by atoms with Crippen LogP contribution >= 0.6 is 11.3 Å². The highest BCUT2D eigenvalue weighted by molar-refractivity contribution is 7.10. The van der Waals surface area contributed by atoms with Gasteiger partial charge in [-0.3, -0.25) is 4.79 Å². The molecule has 2 aromatic rings. The van der Waals surface area contributed by atoms with E-state index >= 15 is 0 Å². The largest absolute Gasteiger partial charge is 0.416 e. The fourth-order valence-electron chi connectivity index (χ4n) is 2.47. The second-order valence-corrected chi connectivity index (χ2v) is 6.12. The molecule has 23 heavy (non-hydrogen) atoms. The topological polar surface area (TPSA) is 41.1 Å². The van der Waals surface area contributed by atoms with Crippen LogP contribution in [0.3, 0.4) is 0 Å². The summed E-state index contributed by atoms with van der Waals surface area (Å²) in [7, 11) is 0. The van der Waals surface area contributed by atoms with Crippen LogP contribution in [0.15, 0.2) is 23.6 Å². The molecule has 1 aromatic carbocycles. The molecule has 3 nitrogen and oxygen atoms in total. The minimum Gasteiger partial charge on any atom is -0.322 e. The summed E-state index contributed by atoms with van der Waals surface area (Å²) in [5, 5.41) is 7.21. The Labute approximate surface area is 133 Å². The van der Waals surface area contributed by atoms with Crippen molar-refractivity contribution in [2.45, 2.75) is 19.1 Å². The molecule has 2 heterocycles. The van der Waals surface area contributed by atoms with Crippen molar-refractivity contribution in [2.24, 2.45) is 0 Å². The zero-order valence-electron chi connectivity index (χ0n) is 11.8. The number of hydrogen-bond acceptors (Lipinski definition) is 3. The van der Waals surface area contributed by atoms with E-state index in [1.165, 1.54) is 11.3 Å². The van der Waals surface area contributed by atoms with Gasteiger partial charge >= 0.3 is 6.18 Å². The molecule has 0 atom stereocenters. The van der Waals surface area contributed by atoms with Crippen LogP contribution in [-0.2, 0) is 19.1 Å². The standard InChI is InChI=1S/C15H12F4N2OS/c16-9-3-8(15(17,18)19)4-10(5-9)21-14(22)12-7-23-13-6-20-2-1-11(12)13/h3-5,7,20H,1-2,6H2,(H,21,22). The molecular formula is C15H12F4N2OS. The zero-order valence-corrected chi connectivity index (χ0v) is 12.6. The third kappa shape index (κ3) is 3.37. The quantitative estimate of drug-likeness (QED) is 0.814. The van der Waals surface area contributed by atoms with Crippen molar-refractivity contribution in [1.29, 1.82) is 0 Å². The van der Waals surface area contributed by atoms with Gasteiger partial charge in [-0.2, -0.15) is 13.2 Å². The molecule has 2 N–H and O–H groups in total. The molecule has 0 saturated heterocycles. The molecule has 122 valence electrons. The lowest BCUT2D eigenvalue weighted by Crippen LogP contribution is -2.24. The minimum absolute atomic E-state index is 0.212. The highest BCUT2D eigenvalue weighted by Crippen LogP contribution is 2.32. The number of fused-ring (bicyclic) bond motifs is 1. The molecule has 1 aliphatic heterocycles. The van der Waals surface area contributed by atoms with Gasteiger partial charge < -0.3 is 10.6 Å². The summed E-state index contributed by atoms with van der Waals surface area (Å²) in [4.78, 5) is 13.3. The number of anilines is 1. The molecule has 0 spiro atoms. The normalized spacial score (nSPS) is 14.4. The molecule has 0 saturated carbocycles. The smallest absolute Gasteiger partial charge is 0.322 e. The average molecular weight is 344 g/mol. The van der Waals surface area contributed by atoms with E-state index in [2.05, 4.69) is 10.6 Å². The SMILES string of the molecule is O=C(Nc1cc(F)cc(C(F)(F)F)c1)c1csc2c1CCNC2. The monoisotopic (exact) mass is 344 g/mol. The summed E-state index contributed by atoms with van der Waals surface area (Å²) in [6.07, 6.45) is -3.99. The molecule has 0 aliphatic carbocycles. The summed E-state index contributed by atoms with van der Waals surface area (Å²) < 4.78 is 51.5. The van der Waals surface area contributed by atoms with Gasteiger partial charge in [-0.05, 0) is 36.7 Å². The van der Waals surface area contributed by atoms with Gasteiger partial charge in [0.25, 0.3) is 5.91 Å². The zero-order chi connectivity index (χ0) is 16.6. The average Bonchev–Trinajstić information content (AvgIpc) is 2.89. The second-order valence-electron chi connectivity index (χ2n) is 5.16.